The highest BCUT2D eigenvalue weighted by molar-refractivity contribution is 5.77. The number of benzene rings is 1. The zero-order chi connectivity index (χ0) is 11.5. The summed E-state index contributed by atoms with van der Waals surface area (Å²) in [5, 5.41) is 17.1. The monoisotopic (exact) mass is 219 g/mol. The van der Waals surface area contributed by atoms with Gasteiger partial charge in [0.05, 0.1) is 16.3 Å². The van der Waals surface area contributed by atoms with Crippen molar-refractivity contribution in [1.29, 1.82) is 0 Å². The Morgan fingerprint density at radius 1 is 1.44 bits per heavy atom. The molecule has 1 aromatic heterocycles. The number of anilines is 1. The van der Waals surface area contributed by atoms with Gasteiger partial charge in [0, 0.05) is 23.9 Å². The lowest BCUT2D eigenvalue weighted by atomic mass is 10.1. The average molecular weight is 219 g/mol. The van der Waals surface area contributed by atoms with Crippen LogP contribution in [0.5, 0.6) is 0 Å². The average Bonchev–Trinajstić information content (AvgIpc) is 2.81. The topological polar surface area (TPSA) is 110 Å². The summed E-state index contributed by atoms with van der Waals surface area (Å²) in [4.78, 5) is 10.1. The number of aromatic amines is 1. The Balaban J connectivity index is 2.51. The van der Waals surface area contributed by atoms with E-state index in [-0.39, 0.29) is 5.69 Å². The molecule has 0 amide bonds. The second-order valence-electron chi connectivity index (χ2n) is 3.10. The number of H-pyrrole nitrogens is 1. The molecule has 0 aliphatic rings. The third kappa shape index (κ3) is 1.71. The van der Waals surface area contributed by atoms with E-state index in [2.05, 4.69) is 15.6 Å². The van der Waals surface area contributed by atoms with Crippen LogP contribution in [-0.4, -0.2) is 15.1 Å². The molecule has 0 unspecified atom stereocenters. The first-order chi connectivity index (χ1) is 7.72. The molecule has 0 saturated carbocycles. The maximum atomic E-state index is 10.6. The number of nitrogen functional groups attached to an aromatic ring is 1. The highest BCUT2D eigenvalue weighted by Crippen LogP contribution is 2.29. The van der Waals surface area contributed by atoms with Gasteiger partial charge in [-0.05, 0) is 12.1 Å². The minimum atomic E-state index is -0.475. The van der Waals surface area contributed by atoms with Gasteiger partial charge in [-0.1, -0.05) is 0 Å². The van der Waals surface area contributed by atoms with Crippen molar-refractivity contribution >= 4 is 11.4 Å². The molecule has 1 heterocycles. The van der Waals surface area contributed by atoms with Gasteiger partial charge in [0.1, 0.15) is 0 Å². The van der Waals surface area contributed by atoms with Crippen molar-refractivity contribution in [2.75, 3.05) is 5.43 Å². The molecule has 4 N–H and O–H groups in total. The van der Waals surface area contributed by atoms with Crippen molar-refractivity contribution in [1.82, 2.24) is 10.2 Å². The van der Waals surface area contributed by atoms with Crippen molar-refractivity contribution in [2.45, 2.75) is 0 Å². The molecule has 0 aliphatic heterocycles. The molecule has 0 saturated heterocycles. The van der Waals surface area contributed by atoms with Gasteiger partial charge < -0.3 is 5.43 Å². The molecule has 0 atom stereocenters. The molecule has 7 nitrogen and oxygen atoms in total. The quantitative estimate of drug-likeness (QED) is 0.409. The van der Waals surface area contributed by atoms with Crippen molar-refractivity contribution < 1.29 is 4.92 Å². The number of rotatable bonds is 3. The largest absolute Gasteiger partial charge is 0.323 e. The predicted octanol–water partition coefficient (Wildman–Crippen LogP) is 1.27. The highest BCUT2D eigenvalue weighted by Gasteiger charge is 2.11. The Hall–Kier alpha value is -2.41. The summed E-state index contributed by atoms with van der Waals surface area (Å²) in [7, 11) is 0. The van der Waals surface area contributed by atoms with Crippen LogP contribution in [0, 0.1) is 10.1 Å². The van der Waals surface area contributed by atoms with Crippen LogP contribution < -0.4 is 11.3 Å². The van der Waals surface area contributed by atoms with Crippen LogP contribution in [-0.2, 0) is 0 Å². The number of nitrogens with zero attached hydrogens (tertiary/aromatic N) is 2. The zero-order valence-corrected chi connectivity index (χ0v) is 8.18. The molecular weight excluding hydrogens is 210 g/mol. The van der Waals surface area contributed by atoms with Crippen molar-refractivity contribution in [2.24, 2.45) is 5.84 Å². The molecule has 82 valence electrons. The maximum Gasteiger partial charge on any atom is 0.271 e. The number of hydrogen-bond acceptors (Lipinski definition) is 5. The minimum absolute atomic E-state index is 0.0174. The van der Waals surface area contributed by atoms with Crippen LogP contribution >= 0.6 is 0 Å². The second-order valence-corrected chi connectivity index (χ2v) is 3.10. The lowest BCUT2D eigenvalue weighted by molar-refractivity contribution is -0.384. The van der Waals surface area contributed by atoms with Gasteiger partial charge in [0.15, 0.2) is 0 Å². The molecule has 2 aromatic rings. The summed E-state index contributed by atoms with van der Waals surface area (Å²) >= 11 is 0. The Labute approximate surface area is 90.4 Å². The highest BCUT2D eigenvalue weighted by atomic mass is 16.6. The third-order valence-electron chi connectivity index (χ3n) is 2.16. The van der Waals surface area contributed by atoms with Gasteiger partial charge in [-0.25, -0.2) is 0 Å². The summed E-state index contributed by atoms with van der Waals surface area (Å²) in [5.74, 6) is 5.32. The number of nitrogens with one attached hydrogen (secondary N) is 2. The van der Waals surface area contributed by atoms with Crippen LogP contribution in [0.1, 0.15) is 0 Å². The molecular formula is C9H9N5O2. The molecule has 0 spiro atoms. The van der Waals surface area contributed by atoms with Gasteiger partial charge >= 0.3 is 0 Å². The standard InChI is InChI=1S/C9H9N5O2/c10-12-9-5-6(14(15)16)1-2-7(9)8-3-4-11-13-8/h1-5,12H,10H2,(H,11,13). The summed E-state index contributed by atoms with van der Waals surface area (Å²) in [6, 6.07) is 6.15. The van der Waals surface area contributed by atoms with Crippen LogP contribution in [0.4, 0.5) is 11.4 Å². The van der Waals surface area contributed by atoms with Crippen molar-refractivity contribution in [3.05, 3.63) is 40.6 Å². The number of aromatic nitrogens is 2. The van der Waals surface area contributed by atoms with E-state index >= 15 is 0 Å². The number of hydrazine groups is 1. The van der Waals surface area contributed by atoms with Crippen molar-refractivity contribution in [3.63, 3.8) is 0 Å². The minimum Gasteiger partial charge on any atom is -0.323 e. The van der Waals surface area contributed by atoms with Gasteiger partial charge in [-0.2, -0.15) is 5.10 Å². The number of nitrogens with two attached hydrogens (primary N) is 1. The van der Waals surface area contributed by atoms with E-state index in [1.54, 1.807) is 18.3 Å². The van der Waals surface area contributed by atoms with E-state index in [1.807, 2.05) is 0 Å². The van der Waals surface area contributed by atoms with Crippen LogP contribution in [0.3, 0.4) is 0 Å². The number of nitro benzene ring substituents is 1. The van der Waals surface area contributed by atoms with Gasteiger partial charge in [-0.15, -0.1) is 0 Å². The van der Waals surface area contributed by atoms with Gasteiger partial charge in [-0.3, -0.25) is 21.1 Å². The fourth-order valence-electron chi connectivity index (χ4n) is 1.41. The summed E-state index contributed by atoms with van der Waals surface area (Å²) in [6.07, 6.45) is 1.59. The van der Waals surface area contributed by atoms with E-state index in [4.69, 9.17) is 5.84 Å². The number of non-ortho nitro benzene ring substituents is 1. The van der Waals surface area contributed by atoms with E-state index in [0.29, 0.717) is 5.69 Å². The Bertz CT molecular complexity index is 509. The smallest absolute Gasteiger partial charge is 0.271 e. The van der Waals surface area contributed by atoms with E-state index in [0.717, 1.165) is 11.3 Å². The summed E-state index contributed by atoms with van der Waals surface area (Å²) in [6.45, 7) is 0. The SMILES string of the molecule is NNc1cc([N+](=O)[O-])ccc1-c1ccn[nH]1. The first kappa shape index (κ1) is 10.1. The molecule has 0 bridgehead atoms. The zero-order valence-electron chi connectivity index (χ0n) is 8.18. The molecule has 1 aromatic carbocycles. The fourth-order valence-corrected chi connectivity index (χ4v) is 1.41. The van der Waals surface area contributed by atoms with E-state index in [9.17, 15) is 10.1 Å². The molecule has 0 aliphatic carbocycles. The third-order valence-corrected chi connectivity index (χ3v) is 2.16. The van der Waals surface area contributed by atoms with E-state index < -0.39 is 4.92 Å². The fraction of sp³-hybridized carbons (Fsp3) is 0. The van der Waals surface area contributed by atoms with Gasteiger partial charge in [0.25, 0.3) is 5.69 Å². The second kappa shape index (κ2) is 3.99. The Morgan fingerprint density at radius 2 is 2.25 bits per heavy atom. The van der Waals surface area contributed by atoms with Crippen LogP contribution in [0.25, 0.3) is 11.3 Å². The first-order valence-corrected chi connectivity index (χ1v) is 4.47. The summed E-state index contributed by atoms with van der Waals surface area (Å²) < 4.78 is 0. The molecule has 7 heteroatoms. The Kier molecular flexibility index (Phi) is 2.52. The lowest BCUT2D eigenvalue weighted by Crippen LogP contribution is -2.08. The molecule has 16 heavy (non-hydrogen) atoms. The number of nitro groups is 1. The predicted molar refractivity (Wildman–Crippen MR) is 58.5 cm³/mol. The van der Waals surface area contributed by atoms with Gasteiger partial charge in [0.2, 0.25) is 0 Å². The molecule has 0 fully saturated rings. The number of hydrogen-bond donors (Lipinski definition) is 3. The van der Waals surface area contributed by atoms with Crippen molar-refractivity contribution in [3.8, 4) is 11.3 Å². The van der Waals surface area contributed by atoms with Crippen LogP contribution in [0.2, 0.25) is 0 Å². The molecule has 0 radical (unpaired) electrons. The molecule has 2 rings (SSSR count). The Morgan fingerprint density at radius 3 is 2.81 bits per heavy atom. The van der Waals surface area contributed by atoms with E-state index in [1.165, 1.54) is 12.1 Å². The maximum absolute atomic E-state index is 10.6. The summed E-state index contributed by atoms with van der Waals surface area (Å²) in [5.41, 5.74) is 4.35. The first-order valence-electron chi connectivity index (χ1n) is 4.47. The normalized spacial score (nSPS) is 10.1. The lowest BCUT2D eigenvalue weighted by Gasteiger charge is -2.06. The van der Waals surface area contributed by atoms with Crippen LogP contribution in [0.15, 0.2) is 30.5 Å².